The second kappa shape index (κ2) is 11.6. The molecule has 0 aliphatic heterocycles. The Kier molecular flexibility index (Phi) is 8.62. The molecule has 3 rings (SSSR count). The fourth-order valence-electron chi connectivity index (χ4n) is 3.38. The van der Waals surface area contributed by atoms with Gasteiger partial charge in [-0.15, -0.1) is 0 Å². The van der Waals surface area contributed by atoms with Crippen molar-refractivity contribution in [2.45, 2.75) is 11.4 Å². The lowest BCUT2D eigenvalue weighted by molar-refractivity contribution is -0.116. The van der Waals surface area contributed by atoms with Gasteiger partial charge in [-0.25, -0.2) is 17.6 Å². The number of halogens is 1. The first-order valence-corrected chi connectivity index (χ1v) is 12.1. The molecule has 0 saturated carbocycles. The monoisotopic (exact) mass is 516 g/mol. The van der Waals surface area contributed by atoms with E-state index in [1.54, 1.807) is 30.3 Å². The van der Waals surface area contributed by atoms with Gasteiger partial charge in [-0.2, -0.15) is 4.31 Å². The molecule has 3 aromatic rings. The number of rotatable bonds is 10. The third-order valence-electron chi connectivity index (χ3n) is 5.18. The van der Waals surface area contributed by atoms with E-state index in [0.717, 1.165) is 28.6 Å². The third-order valence-corrected chi connectivity index (χ3v) is 6.98. The summed E-state index contributed by atoms with van der Waals surface area (Å²) in [4.78, 5) is 25.2. The van der Waals surface area contributed by atoms with Crippen molar-refractivity contribution >= 4 is 27.6 Å². The zero-order valence-electron chi connectivity index (χ0n) is 19.9. The van der Waals surface area contributed by atoms with Crippen LogP contribution in [0.2, 0.25) is 0 Å². The molecule has 0 unspecified atom stereocenters. The van der Waals surface area contributed by atoms with Gasteiger partial charge >= 0.3 is 5.97 Å². The van der Waals surface area contributed by atoms with Crippen LogP contribution >= 0.6 is 0 Å². The molecule has 0 spiro atoms. The van der Waals surface area contributed by atoms with Crippen LogP contribution in [0.3, 0.4) is 0 Å². The molecular weight excluding hydrogens is 491 g/mol. The van der Waals surface area contributed by atoms with Crippen molar-refractivity contribution in [3.8, 4) is 11.5 Å². The van der Waals surface area contributed by atoms with Crippen LogP contribution in [0.25, 0.3) is 0 Å². The third kappa shape index (κ3) is 6.18. The SMILES string of the molecule is COC(=O)c1cc(OC)c(OC)cc1NC(=O)CN(Cc1ccccc1)S(=O)(=O)c1ccc(F)cc1. The summed E-state index contributed by atoms with van der Waals surface area (Å²) in [5.41, 5.74) is 0.667. The smallest absolute Gasteiger partial charge is 0.340 e. The lowest BCUT2D eigenvalue weighted by Gasteiger charge is -2.22. The zero-order valence-corrected chi connectivity index (χ0v) is 20.7. The van der Waals surface area contributed by atoms with Gasteiger partial charge in [0, 0.05) is 18.7 Å². The molecule has 9 nitrogen and oxygen atoms in total. The molecule has 0 fully saturated rings. The maximum atomic E-state index is 13.4. The number of hydrogen-bond donors (Lipinski definition) is 1. The van der Waals surface area contributed by atoms with Gasteiger partial charge < -0.3 is 19.5 Å². The first-order valence-electron chi connectivity index (χ1n) is 10.6. The normalized spacial score (nSPS) is 11.1. The number of amides is 1. The molecule has 3 aromatic carbocycles. The summed E-state index contributed by atoms with van der Waals surface area (Å²) in [7, 11) is -0.232. The number of ether oxygens (including phenoxy) is 3. The molecule has 0 bridgehead atoms. The molecule has 0 heterocycles. The minimum absolute atomic E-state index is 0.0144. The van der Waals surface area contributed by atoms with Crippen LogP contribution in [0.1, 0.15) is 15.9 Å². The van der Waals surface area contributed by atoms with E-state index < -0.39 is 34.3 Å². The Morgan fingerprint density at radius 1 is 0.917 bits per heavy atom. The predicted molar refractivity (Wildman–Crippen MR) is 130 cm³/mol. The van der Waals surface area contributed by atoms with Gasteiger partial charge in [0.15, 0.2) is 11.5 Å². The molecule has 36 heavy (non-hydrogen) atoms. The minimum atomic E-state index is -4.19. The van der Waals surface area contributed by atoms with E-state index in [4.69, 9.17) is 14.2 Å². The number of sulfonamides is 1. The molecule has 1 amide bonds. The standard InChI is InChI=1S/C25H25FN2O7S/c1-33-22-13-20(25(30)35-3)21(14-23(22)34-2)27-24(29)16-28(15-17-7-5-4-6-8-17)36(31,32)19-11-9-18(26)10-12-19/h4-14H,15-16H2,1-3H3,(H,27,29). The lowest BCUT2D eigenvalue weighted by Crippen LogP contribution is -2.37. The topological polar surface area (TPSA) is 111 Å². The average molecular weight is 517 g/mol. The molecule has 0 radical (unpaired) electrons. The highest BCUT2D eigenvalue weighted by Crippen LogP contribution is 2.34. The van der Waals surface area contributed by atoms with Crippen molar-refractivity contribution in [2.75, 3.05) is 33.2 Å². The Morgan fingerprint density at radius 3 is 2.11 bits per heavy atom. The molecule has 0 saturated heterocycles. The van der Waals surface area contributed by atoms with E-state index in [2.05, 4.69) is 5.32 Å². The van der Waals surface area contributed by atoms with Crippen molar-refractivity contribution in [1.29, 1.82) is 0 Å². The number of nitrogens with zero attached hydrogens (tertiary/aromatic N) is 1. The Morgan fingerprint density at radius 2 is 1.53 bits per heavy atom. The first-order chi connectivity index (χ1) is 17.2. The highest BCUT2D eigenvalue weighted by atomic mass is 32.2. The van der Waals surface area contributed by atoms with Crippen LogP contribution in [-0.2, 0) is 26.1 Å². The molecule has 0 aromatic heterocycles. The first kappa shape index (κ1) is 26.6. The summed E-state index contributed by atoms with van der Waals surface area (Å²) in [6.45, 7) is -0.715. The molecule has 0 aliphatic carbocycles. The number of nitrogens with one attached hydrogen (secondary N) is 1. The van der Waals surface area contributed by atoms with Gasteiger partial charge in [-0.05, 0) is 29.8 Å². The average Bonchev–Trinajstić information content (AvgIpc) is 2.88. The number of esters is 1. The van der Waals surface area contributed by atoms with E-state index in [9.17, 15) is 22.4 Å². The van der Waals surface area contributed by atoms with Crippen LogP contribution in [0.15, 0.2) is 71.6 Å². The van der Waals surface area contributed by atoms with E-state index in [0.29, 0.717) is 5.56 Å². The van der Waals surface area contributed by atoms with E-state index >= 15 is 0 Å². The van der Waals surface area contributed by atoms with Crippen molar-refractivity contribution in [1.82, 2.24) is 4.31 Å². The Balaban J connectivity index is 1.95. The highest BCUT2D eigenvalue weighted by Gasteiger charge is 2.28. The molecule has 0 atom stereocenters. The molecule has 0 aliphatic rings. The number of carbonyl (C=O) groups is 2. The van der Waals surface area contributed by atoms with Gasteiger partial charge in [0.1, 0.15) is 5.82 Å². The largest absolute Gasteiger partial charge is 0.493 e. The molecule has 190 valence electrons. The molecule has 1 N–H and O–H groups in total. The number of methoxy groups -OCH3 is 3. The van der Waals surface area contributed by atoms with Gasteiger partial charge in [0.25, 0.3) is 0 Å². The summed E-state index contributed by atoms with van der Waals surface area (Å²) in [6, 6.07) is 15.7. The Labute approximate surface area is 208 Å². The predicted octanol–water partition coefficient (Wildman–Crippen LogP) is 3.46. The summed E-state index contributed by atoms with van der Waals surface area (Å²) in [5, 5.41) is 2.56. The number of benzene rings is 3. The van der Waals surface area contributed by atoms with Gasteiger partial charge in [0.2, 0.25) is 15.9 Å². The molecular formula is C25H25FN2O7S. The van der Waals surface area contributed by atoms with Gasteiger partial charge in [-0.3, -0.25) is 4.79 Å². The van der Waals surface area contributed by atoms with E-state index in [-0.39, 0.29) is 34.2 Å². The Hall–Kier alpha value is -3.96. The van der Waals surface area contributed by atoms with Gasteiger partial charge in [-0.1, -0.05) is 30.3 Å². The van der Waals surface area contributed by atoms with E-state index in [1.165, 1.54) is 33.5 Å². The number of hydrogen-bond acceptors (Lipinski definition) is 7. The second-order valence-electron chi connectivity index (χ2n) is 7.51. The van der Waals surface area contributed by atoms with Crippen molar-refractivity contribution in [3.05, 3.63) is 83.7 Å². The number of anilines is 1. The maximum absolute atomic E-state index is 13.4. The summed E-state index contributed by atoms with van der Waals surface area (Å²) in [5.74, 6) is -1.59. The van der Waals surface area contributed by atoms with Crippen LogP contribution in [-0.4, -0.2) is 52.5 Å². The van der Waals surface area contributed by atoms with Crippen LogP contribution in [0, 0.1) is 5.82 Å². The lowest BCUT2D eigenvalue weighted by atomic mass is 10.1. The highest BCUT2D eigenvalue weighted by molar-refractivity contribution is 7.89. The Bertz CT molecular complexity index is 1330. The minimum Gasteiger partial charge on any atom is -0.493 e. The van der Waals surface area contributed by atoms with Crippen molar-refractivity contribution in [3.63, 3.8) is 0 Å². The van der Waals surface area contributed by atoms with Crippen LogP contribution in [0.5, 0.6) is 11.5 Å². The summed E-state index contributed by atoms with van der Waals surface area (Å²) >= 11 is 0. The van der Waals surface area contributed by atoms with Crippen molar-refractivity contribution in [2.24, 2.45) is 0 Å². The fraction of sp³-hybridized carbons (Fsp3) is 0.200. The summed E-state index contributed by atoms with van der Waals surface area (Å²) < 4.78 is 56.3. The van der Waals surface area contributed by atoms with Crippen LogP contribution in [0.4, 0.5) is 10.1 Å². The maximum Gasteiger partial charge on any atom is 0.340 e. The van der Waals surface area contributed by atoms with E-state index in [1.807, 2.05) is 0 Å². The van der Waals surface area contributed by atoms with Crippen molar-refractivity contribution < 1.29 is 36.6 Å². The fourth-order valence-corrected chi connectivity index (χ4v) is 4.76. The van der Waals surface area contributed by atoms with Gasteiger partial charge in [0.05, 0.1) is 44.0 Å². The zero-order chi connectivity index (χ0) is 26.3. The molecule has 11 heteroatoms. The van der Waals surface area contributed by atoms with Crippen LogP contribution < -0.4 is 14.8 Å². The summed E-state index contributed by atoms with van der Waals surface area (Å²) in [6.07, 6.45) is 0. The number of carbonyl (C=O) groups excluding carboxylic acids is 2. The second-order valence-corrected chi connectivity index (χ2v) is 9.44. The quantitative estimate of drug-likeness (QED) is 0.411.